The van der Waals surface area contributed by atoms with Crippen LogP contribution in [0.2, 0.25) is 0 Å². The number of rotatable bonds is 9. The molecule has 16 heavy (non-hydrogen) atoms. The Hall–Kier alpha value is -0.0800. The molecule has 0 bridgehead atoms. The van der Waals surface area contributed by atoms with Crippen LogP contribution in [-0.2, 0) is 0 Å². The fourth-order valence-corrected chi connectivity index (χ4v) is 2.18. The lowest BCUT2D eigenvalue weighted by Crippen LogP contribution is -2.30. The molecule has 0 aromatic rings. The van der Waals surface area contributed by atoms with Gasteiger partial charge in [-0.25, -0.2) is 0 Å². The topological polar surface area (TPSA) is 29.3 Å². The molecular weight excluding hydrogens is 196 g/mol. The Morgan fingerprint density at radius 3 is 2.38 bits per heavy atom. The third-order valence-electron chi connectivity index (χ3n) is 3.64. The van der Waals surface area contributed by atoms with E-state index in [-0.39, 0.29) is 0 Å². The lowest BCUT2D eigenvalue weighted by molar-refractivity contribution is 0.217. The van der Waals surface area contributed by atoms with Gasteiger partial charge in [-0.2, -0.15) is 0 Å². The van der Waals surface area contributed by atoms with E-state index in [9.17, 15) is 0 Å². The van der Waals surface area contributed by atoms with Crippen molar-refractivity contribution < 1.29 is 0 Å². The highest BCUT2D eigenvalue weighted by molar-refractivity contribution is 4.71. The SMILES string of the molecule is CCCC(C)N(C)CCCC(C)(C)CCN. The molecule has 2 N–H and O–H groups in total. The summed E-state index contributed by atoms with van der Waals surface area (Å²) in [6.07, 6.45) is 6.30. The van der Waals surface area contributed by atoms with E-state index in [1.165, 1.54) is 32.2 Å². The zero-order chi connectivity index (χ0) is 12.6. The van der Waals surface area contributed by atoms with Crippen LogP contribution in [0.25, 0.3) is 0 Å². The molecule has 1 unspecified atom stereocenters. The summed E-state index contributed by atoms with van der Waals surface area (Å²) >= 11 is 0. The maximum atomic E-state index is 5.62. The molecule has 1 atom stereocenters. The van der Waals surface area contributed by atoms with E-state index in [1.54, 1.807) is 0 Å². The van der Waals surface area contributed by atoms with E-state index in [0.29, 0.717) is 5.41 Å². The fourth-order valence-electron chi connectivity index (χ4n) is 2.18. The van der Waals surface area contributed by atoms with Gasteiger partial charge in [-0.3, -0.25) is 0 Å². The predicted octanol–water partition coefficient (Wildman–Crippen LogP) is 3.26. The van der Waals surface area contributed by atoms with Crippen LogP contribution in [0.3, 0.4) is 0 Å². The number of nitrogens with zero attached hydrogens (tertiary/aromatic N) is 1. The summed E-state index contributed by atoms with van der Waals surface area (Å²) in [7, 11) is 2.25. The maximum Gasteiger partial charge on any atom is 0.00637 e. The van der Waals surface area contributed by atoms with Gasteiger partial charge >= 0.3 is 0 Å². The molecule has 98 valence electrons. The van der Waals surface area contributed by atoms with Crippen LogP contribution in [0.4, 0.5) is 0 Å². The minimum absolute atomic E-state index is 0.420. The Morgan fingerprint density at radius 2 is 1.88 bits per heavy atom. The van der Waals surface area contributed by atoms with Gasteiger partial charge in [0.2, 0.25) is 0 Å². The smallest absolute Gasteiger partial charge is 0.00637 e. The van der Waals surface area contributed by atoms with Crippen LogP contribution in [-0.4, -0.2) is 31.1 Å². The average molecular weight is 228 g/mol. The van der Waals surface area contributed by atoms with Crippen LogP contribution < -0.4 is 5.73 Å². The minimum Gasteiger partial charge on any atom is -0.330 e. The van der Waals surface area contributed by atoms with Crippen molar-refractivity contribution in [1.82, 2.24) is 4.90 Å². The Balaban J connectivity index is 3.72. The van der Waals surface area contributed by atoms with Gasteiger partial charge in [0.05, 0.1) is 0 Å². The van der Waals surface area contributed by atoms with Gasteiger partial charge in [0.15, 0.2) is 0 Å². The minimum atomic E-state index is 0.420. The second kappa shape index (κ2) is 8.08. The van der Waals surface area contributed by atoms with Gasteiger partial charge in [-0.15, -0.1) is 0 Å². The van der Waals surface area contributed by atoms with Gasteiger partial charge in [-0.05, 0) is 58.2 Å². The molecule has 2 heteroatoms. The third kappa shape index (κ3) is 7.24. The molecule has 0 amide bonds. The number of hydrogen-bond donors (Lipinski definition) is 1. The van der Waals surface area contributed by atoms with E-state index in [1.807, 2.05) is 0 Å². The van der Waals surface area contributed by atoms with Crippen molar-refractivity contribution in [2.24, 2.45) is 11.1 Å². The van der Waals surface area contributed by atoms with Crippen molar-refractivity contribution in [3.63, 3.8) is 0 Å². The largest absolute Gasteiger partial charge is 0.330 e. The van der Waals surface area contributed by atoms with Gasteiger partial charge in [0, 0.05) is 6.04 Å². The van der Waals surface area contributed by atoms with E-state index >= 15 is 0 Å². The first-order valence-corrected chi connectivity index (χ1v) is 6.83. The molecule has 0 aromatic heterocycles. The van der Waals surface area contributed by atoms with Gasteiger partial charge in [0.1, 0.15) is 0 Å². The molecule has 0 aliphatic heterocycles. The van der Waals surface area contributed by atoms with Crippen molar-refractivity contribution in [3.05, 3.63) is 0 Å². The molecule has 2 nitrogen and oxygen atoms in total. The normalized spacial score (nSPS) is 14.4. The molecule has 0 aliphatic carbocycles. The summed E-state index contributed by atoms with van der Waals surface area (Å²) in [5, 5.41) is 0. The third-order valence-corrected chi connectivity index (χ3v) is 3.64. The first-order chi connectivity index (χ1) is 7.43. The highest BCUT2D eigenvalue weighted by atomic mass is 15.1. The monoisotopic (exact) mass is 228 g/mol. The summed E-state index contributed by atoms with van der Waals surface area (Å²) < 4.78 is 0. The van der Waals surface area contributed by atoms with E-state index in [4.69, 9.17) is 5.73 Å². The zero-order valence-electron chi connectivity index (χ0n) is 12.1. The molecule has 0 radical (unpaired) electrons. The predicted molar refractivity (Wildman–Crippen MR) is 73.7 cm³/mol. The Morgan fingerprint density at radius 1 is 1.25 bits per heavy atom. The summed E-state index contributed by atoms with van der Waals surface area (Å²) in [4.78, 5) is 2.49. The van der Waals surface area contributed by atoms with E-state index in [0.717, 1.165) is 19.0 Å². The maximum absolute atomic E-state index is 5.62. The second-order valence-electron chi connectivity index (χ2n) is 5.92. The van der Waals surface area contributed by atoms with Crippen molar-refractivity contribution in [1.29, 1.82) is 0 Å². The molecule has 0 spiro atoms. The summed E-state index contributed by atoms with van der Waals surface area (Å²) in [5.74, 6) is 0. The van der Waals surface area contributed by atoms with Crippen molar-refractivity contribution in [2.75, 3.05) is 20.1 Å². The molecule has 0 heterocycles. The van der Waals surface area contributed by atoms with Gasteiger partial charge in [-0.1, -0.05) is 27.2 Å². The molecule has 0 saturated heterocycles. The van der Waals surface area contributed by atoms with Crippen LogP contribution in [0.15, 0.2) is 0 Å². The zero-order valence-corrected chi connectivity index (χ0v) is 12.1. The summed E-state index contributed by atoms with van der Waals surface area (Å²) in [6, 6.07) is 0.725. The molecule has 0 aliphatic rings. The van der Waals surface area contributed by atoms with Crippen molar-refractivity contribution in [2.45, 2.75) is 65.8 Å². The van der Waals surface area contributed by atoms with Crippen LogP contribution in [0, 0.1) is 5.41 Å². The summed E-state index contributed by atoms with van der Waals surface area (Å²) in [5.41, 5.74) is 6.04. The van der Waals surface area contributed by atoms with E-state index < -0.39 is 0 Å². The van der Waals surface area contributed by atoms with Gasteiger partial charge < -0.3 is 10.6 Å². The molecule has 0 rings (SSSR count). The molecule has 0 fully saturated rings. The van der Waals surface area contributed by atoms with Gasteiger partial charge in [0.25, 0.3) is 0 Å². The summed E-state index contributed by atoms with van der Waals surface area (Å²) in [6.45, 7) is 11.3. The molecule has 0 aromatic carbocycles. The Labute approximate surface area is 103 Å². The second-order valence-corrected chi connectivity index (χ2v) is 5.92. The Bertz CT molecular complexity index is 166. The highest BCUT2D eigenvalue weighted by Crippen LogP contribution is 2.26. The molecular formula is C14H32N2. The van der Waals surface area contributed by atoms with Crippen LogP contribution in [0.5, 0.6) is 0 Å². The quantitative estimate of drug-likeness (QED) is 0.656. The Kier molecular flexibility index (Phi) is 8.04. The first-order valence-electron chi connectivity index (χ1n) is 6.83. The standard InChI is InChI=1S/C14H32N2/c1-6-8-13(2)16(5)12-7-9-14(3,4)10-11-15/h13H,6-12,15H2,1-5H3. The van der Waals surface area contributed by atoms with Crippen LogP contribution >= 0.6 is 0 Å². The lowest BCUT2D eigenvalue weighted by Gasteiger charge is -2.28. The molecule has 0 saturated carbocycles. The van der Waals surface area contributed by atoms with Crippen LogP contribution in [0.1, 0.15) is 59.8 Å². The average Bonchev–Trinajstić information content (AvgIpc) is 2.17. The first kappa shape index (κ1) is 15.9. The lowest BCUT2D eigenvalue weighted by atomic mass is 9.84. The van der Waals surface area contributed by atoms with Crippen molar-refractivity contribution in [3.8, 4) is 0 Å². The number of nitrogens with two attached hydrogens (primary N) is 1. The highest BCUT2D eigenvalue weighted by Gasteiger charge is 2.17. The number of hydrogen-bond acceptors (Lipinski definition) is 2. The van der Waals surface area contributed by atoms with E-state index in [2.05, 4.69) is 39.6 Å². The van der Waals surface area contributed by atoms with Crippen molar-refractivity contribution >= 4 is 0 Å². The fraction of sp³-hybridized carbons (Fsp3) is 1.00.